The van der Waals surface area contributed by atoms with Crippen LogP contribution in [-0.2, 0) is 4.79 Å². The van der Waals surface area contributed by atoms with Crippen LogP contribution in [0.3, 0.4) is 0 Å². The molecular formula is C21H24FN5O2. The molecule has 29 heavy (non-hydrogen) atoms. The van der Waals surface area contributed by atoms with E-state index in [2.05, 4.69) is 34.7 Å². The fraction of sp³-hybridized carbons (Fsp3) is 0.333. The maximum Gasteiger partial charge on any atom is 0.265 e. The van der Waals surface area contributed by atoms with E-state index < -0.39 is 17.8 Å². The molecule has 0 radical (unpaired) electrons. The standard InChI is InChI=1S/C21H24FN5O2/c1-12(2)18-8-7-17(10-13(18)3)29-14(4)21(28)23-20-11-16(6-9-19(20)22)27-15(5)24-25-26-27/h6-12,14H,1-5H3,(H,23,28). The Hall–Kier alpha value is -3.29. The summed E-state index contributed by atoms with van der Waals surface area (Å²) in [6.45, 7) is 9.60. The summed E-state index contributed by atoms with van der Waals surface area (Å²) in [5.41, 5.74) is 2.90. The lowest BCUT2D eigenvalue weighted by molar-refractivity contribution is -0.122. The summed E-state index contributed by atoms with van der Waals surface area (Å²) < 4.78 is 21.4. The molecule has 1 unspecified atom stereocenters. The highest BCUT2D eigenvalue weighted by atomic mass is 19.1. The molecule has 0 aliphatic carbocycles. The van der Waals surface area contributed by atoms with Crippen LogP contribution in [0.5, 0.6) is 5.75 Å². The van der Waals surface area contributed by atoms with Gasteiger partial charge in [-0.15, -0.1) is 5.10 Å². The molecule has 0 spiro atoms. The van der Waals surface area contributed by atoms with Crippen LogP contribution in [-0.4, -0.2) is 32.2 Å². The summed E-state index contributed by atoms with van der Waals surface area (Å²) in [7, 11) is 0. The third-order valence-corrected chi connectivity index (χ3v) is 4.62. The second kappa shape index (κ2) is 8.38. The molecule has 0 saturated carbocycles. The van der Waals surface area contributed by atoms with E-state index in [9.17, 15) is 9.18 Å². The van der Waals surface area contributed by atoms with Crippen molar-refractivity contribution in [1.29, 1.82) is 0 Å². The SMILES string of the molecule is Cc1cc(OC(C)C(=O)Nc2cc(-n3nnnc3C)ccc2F)ccc1C(C)C. The fourth-order valence-corrected chi connectivity index (χ4v) is 3.07. The zero-order valence-corrected chi connectivity index (χ0v) is 17.1. The van der Waals surface area contributed by atoms with Crippen molar-refractivity contribution in [2.24, 2.45) is 0 Å². The Bertz CT molecular complexity index is 1030. The van der Waals surface area contributed by atoms with Gasteiger partial charge in [0.2, 0.25) is 0 Å². The summed E-state index contributed by atoms with van der Waals surface area (Å²) in [6.07, 6.45) is -0.808. The number of aryl methyl sites for hydroxylation is 2. The van der Waals surface area contributed by atoms with Crippen LogP contribution in [0.25, 0.3) is 5.69 Å². The number of hydrogen-bond acceptors (Lipinski definition) is 5. The van der Waals surface area contributed by atoms with Crippen molar-refractivity contribution in [1.82, 2.24) is 20.2 Å². The minimum Gasteiger partial charge on any atom is -0.481 e. The Morgan fingerprint density at radius 3 is 2.52 bits per heavy atom. The molecule has 0 bridgehead atoms. The molecule has 3 rings (SSSR count). The van der Waals surface area contributed by atoms with Gasteiger partial charge in [0, 0.05) is 0 Å². The first-order valence-electron chi connectivity index (χ1n) is 9.39. The lowest BCUT2D eigenvalue weighted by Gasteiger charge is -2.17. The maximum atomic E-state index is 14.2. The maximum absolute atomic E-state index is 14.2. The highest BCUT2D eigenvalue weighted by molar-refractivity contribution is 5.94. The molecule has 0 fully saturated rings. The van der Waals surface area contributed by atoms with E-state index in [1.165, 1.54) is 28.4 Å². The predicted octanol–water partition coefficient (Wildman–Crippen LogP) is 3.95. The molecule has 8 heteroatoms. The summed E-state index contributed by atoms with van der Waals surface area (Å²) in [4.78, 5) is 12.5. The molecule has 0 aliphatic heterocycles. The number of ether oxygens (including phenoxy) is 1. The van der Waals surface area contributed by atoms with E-state index in [4.69, 9.17) is 4.74 Å². The average Bonchev–Trinajstić information content (AvgIpc) is 3.09. The summed E-state index contributed by atoms with van der Waals surface area (Å²) in [5.74, 6) is 0.528. The van der Waals surface area contributed by atoms with Gasteiger partial charge >= 0.3 is 0 Å². The molecular weight excluding hydrogens is 373 g/mol. The fourth-order valence-electron chi connectivity index (χ4n) is 3.07. The first-order valence-corrected chi connectivity index (χ1v) is 9.39. The Kier molecular flexibility index (Phi) is 5.91. The number of nitrogens with one attached hydrogen (secondary N) is 1. The van der Waals surface area contributed by atoms with Gasteiger partial charge in [0.1, 0.15) is 11.6 Å². The summed E-state index contributed by atoms with van der Waals surface area (Å²) >= 11 is 0. The monoisotopic (exact) mass is 397 g/mol. The number of hydrogen-bond donors (Lipinski definition) is 1. The number of amides is 1. The molecule has 1 heterocycles. The van der Waals surface area contributed by atoms with Crippen LogP contribution in [0, 0.1) is 19.7 Å². The van der Waals surface area contributed by atoms with E-state index in [-0.39, 0.29) is 5.69 Å². The Morgan fingerprint density at radius 2 is 1.90 bits per heavy atom. The van der Waals surface area contributed by atoms with Gasteiger partial charge in [0.25, 0.3) is 5.91 Å². The second-order valence-electron chi connectivity index (χ2n) is 7.22. The minimum absolute atomic E-state index is 0.0317. The van der Waals surface area contributed by atoms with Crippen molar-refractivity contribution in [3.05, 3.63) is 59.2 Å². The number of carbonyl (C=O) groups is 1. The van der Waals surface area contributed by atoms with Gasteiger partial charge in [0.05, 0.1) is 11.4 Å². The van der Waals surface area contributed by atoms with Gasteiger partial charge in [-0.05, 0) is 78.6 Å². The Labute approximate surface area is 168 Å². The smallest absolute Gasteiger partial charge is 0.265 e. The van der Waals surface area contributed by atoms with Crippen molar-refractivity contribution < 1.29 is 13.9 Å². The quantitative estimate of drug-likeness (QED) is 0.681. The van der Waals surface area contributed by atoms with E-state index in [1.54, 1.807) is 13.8 Å². The van der Waals surface area contributed by atoms with Crippen LogP contribution in [0.1, 0.15) is 43.6 Å². The number of tetrazole rings is 1. The molecule has 7 nitrogen and oxygen atoms in total. The van der Waals surface area contributed by atoms with Gasteiger partial charge in [-0.25, -0.2) is 4.39 Å². The second-order valence-corrected chi connectivity index (χ2v) is 7.22. The number of rotatable bonds is 6. The zero-order valence-electron chi connectivity index (χ0n) is 17.1. The van der Waals surface area contributed by atoms with Gasteiger partial charge in [0.15, 0.2) is 11.9 Å². The first kappa shape index (κ1) is 20.4. The van der Waals surface area contributed by atoms with E-state index in [1.807, 2.05) is 25.1 Å². The summed E-state index contributed by atoms with van der Waals surface area (Å²) in [6, 6.07) is 10.0. The lowest BCUT2D eigenvalue weighted by atomic mass is 9.98. The molecule has 152 valence electrons. The third-order valence-electron chi connectivity index (χ3n) is 4.62. The van der Waals surface area contributed by atoms with E-state index in [0.29, 0.717) is 23.2 Å². The van der Waals surface area contributed by atoms with Gasteiger partial charge in [-0.1, -0.05) is 19.9 Å². The van der Waals surface area contributed by atoms with E-state index in [0.717, 1.165) is 5.56 Å². The molecule has 1 N–H and O–H groups in total. The van der Waals surface area contributed by atoms with Crippen molar-refractivity contribution >= 4 is 11.6 Å². The number of carbonyl (C=O) groups excluding carboxylic acids is 1. The van der Waals surface area contributed by atoms with Gasteiger partial charge in [-0.2, -0.15) is 4.68 Å². The van der Waals surface area contributed by atoms with Crippen LogP contribution < -0.4 is 10.1 Å². The third kappa shape index (κ3) is 4.59. The molecule has 0 aliphatic rings. The molecule has 1 aromatic heterocycles. The number of aromatic nitrogens is 4. The van der Waals surface area contributed by atoms with E-state index >= 15 is 0 Å². The number of benzene rings is 2. The number of anilines is 1. The number of nitrogens with zero attached hydrogens (tertiary/aromatic N) is 4. The highest BCUT2D eigenvalue weighted by Gasteiger charge is 2.18. The zero-order chi connectivity index (χ0) is 21.1. The van der Waals surface area contributed by atoms with Crippen LogP contribution >= 0.6 is 0 Å². The Balaban J connectivity index is 1.73. The minimum atomic E-state index is -0.808. The predicted molar refractivity (Wildman–Crippen MR) is 108 cm³/mol. The van der Waals surface area contributed by atoms with Crippen molar-refractivity contribution in [2.45, 2.75) is 46.6 Å². The highest BCUT2D eigenvalue weighted by Crippen LogP contribution is 2.25. The Morgan fingerprint density at radius 1 is 1.14 bits per heavy atom. The average molecular weight is 397 g/mol. The van der Waals surface area contributed by atoms with Crippen molar-refractivity contribution in [2.75, 3.05) is 5.32 Å². The molecule has 0 saturated heterocycles. The van der Waals surface area contributed by atoms with Crippen molar-refractivity contribution in [3.8, 4) is 11.4 Å². The van der Waals surface area contributed by atoms with Crippen LogP contribution in [0.15, 0.2) is 36.4 Å². The molecule has 2 aromatic carbocycles. The molecule has 3 aromatic rings. The molecule has 1 amide bonds. The largest absolute Gasteiger partial charge is 0.481 e. The van der Waals surface area contributed by atoms with Crippen LogP contribution in [0.4, 0.5) is 10.1 Å². The first-order chi connectivity index (χ1) is 13.8. The summed E-state index contributed by atoms with van der Waals surface area (Å²) in [5, 5.41) is 13.8. The van der Waals surface area contributed by atoms with Gasteiger partial charge < -0.3 is 10.1 Å². The topological polar surface area (TPSA) is 81.9 Å². The normalized spacial score (nSPS) is 12.1. The molecule has 1 atom stereocenters. The lowest BCUT2D eigenvalue weighted by Crippen LogP contribution is -2.30. The number of halogens is 1. The van der Waals surface area contributed by atoms with Crippen molar-refractivity contribution in [3.63, 3.8) is 0 Å². The van der Waals surface area contributed by atoms with Gasteiger partial charge in [-0.3, -0.25) is 4.79 Å². The van der Waals surface area contributed by atoms with Crippen LogP contribution in [0.2, 0.25) is 0 Å².